The van der Waals surface area contributed by atoms with Gasteiger partial charge >= 0.3 is 0 Å². The molecule has 3 rings (SSSR count). The largest absolute Gasteiger partial charge is 0.370 e. The van der Waals surface area contributed by atoms with Crippen molar-refractivity contribution in [3.8, 4) is 0 Å². The van der Waals surface area contributed by atoms with E-state index in [1.165, 1.54) is 23.5 Å². The van der Waals surface area contributed by atoms with Gasteiger partial charge in [0.2, 0.25) is 0 Å². The second kappa shape index (κ2) is 7.54. The number of thioether (sulfide) groups is 1. The number of rotatable bonds is 3. The average Bonchev–Trinajstić information content (AvgIpc) is 3.26. The Labute approximate surface area is 142 Å². The molecule has 1 aliphatic heterocycles. The summed E-state index contributed by atoms with van der Waals surface area (Å²) in [5, 5.41) is 0. The number of nitrogens with zero attached hydrogens (tertiary/aromatic N) is 2. The molecule has 0 radical (unpaired) electrons. The van der Waals surface area contributed by atoms with Crippen LogP contribution in [0.2, 0.25) is 0 Å². The number of aliphatic imine (C=N–C) groups is 1. The molecule has 1 aromatic rings. The lowest BCUT2D eigenvalue weighted by Crippen LogP contribution is -2.42. The van der Waals surface area contributed by atoms with Gasteiger partial charge in [-0.25, -0.2) is 0 Å². The second-order valence-corrected chi connectivity index (χ2v) is 6.54. The van der Waals surface area contributed by atoms with Crippen molar-refractivity contribution in [1.82, 2.24) is 4.90 Å². The molecule has 0 aromatic heterocycles. The van der Waals surface area contributed by atoms with Crippen LogP contribution in [-0.2, 0) is 0 Å². The first kappa shape index (κ1) is 15.9. The Hall–Kier alpha value is -0.430. The molecule has 1 aliphatic carbocycles. The van der Waals surface area contributed by atoms with Gasteiger partial charge in [-0.05, 0) is 23.8 Å². The highest BCUT2D eigenvalue weighted by molar-refractivity contribution is 14.0. The van der Waals surface area contributed by atoms with Crippen LogP contribution >= 0.6 is 35.7 Å². The molecule has 2 atom stereocenters. The summed E-state index contributed by atoms with van der Waals surface area (Å²) in [4.78, 5) is 6.82. The van der Waals surface area contributed by atoms with E-state index in [1.54, 1.807) is 0 Å². The number of hydrogen-bond acceptors (Lipinski definition) is 2. The van der Waals surface area contributed by atoms with E-state index in [4.69, 9.17) is 5.73 Å². The first-order chi connectivity index (χ1) is 9.34. The zero-order valence-electron chi connectivity index (χ0n) is 11.6. The molecule has 2 N–H and O–H groups in total. The van der Waals surface area contributed by atoms with Crippen LogP contribution in [0.5, 0.6) is 0 Å². The molecule has 5 heteroatoms. The predicted molar refractivity (Wildman–Crippen MR) is 98.1 cm³/mol. The number of hydrogen-bond donors (Lipinski definition) is 1. The molecule has 20 heavy (non-hydrogen) atoms. The molecule has 0 bridgehead atoms. The fourth-order valence-corrected chi connectivity index (χ4v) is 3.56. The van der Waals surface area contributed by atoms with Crippen LogP contribution in [-0.4, -0.2) is 42.0 Å². The molecule has 1 saturated carbocycles. The first-order valence-corrected chi connectivity index (χ1v) is 8.17. The standard InChI is InChI=1S/C15H21N3S.HI/c16-15(18-6-8-19-9-7-18)17-11-13-10-14(13)12-4-2-1-3-5-12;/h1-5,13-14H,6-11H2,(H2,16,17);1H. The summed E-state index contributed by atoms with van der Waals surface area (Å²) in [5.74, 6) is 4.49. The Kier molecular flexibility index (Phi) is 6.01. The summed E-state index contributed by atoms with van der Waals surface area (Å²) in [5.41, 5.74) is 7.53. The van der Waals surface area contributed by atoms with Gasteiger partial charge in [-0.1, -0.05) is 30.3 Å². The average molecular weight is 403 g/mol. The third-order valence-electron chi connectivity index (χ3n) is 3.97. The molecule has 2 aliphatic rings. The van der Waals surface area contributed by atoms with Crippen LogP contribution in [0.4, 0.5) is 0 Å². The SMILES string of the molecule is I.NC(=NCC1CC1c1ccccc1)N1CCSCC1. The Morgan fingerprint density at radius 2 is 1.95 bits per heavy atom. The molecule has 2 fully saturated rings. The summed E-state index contributed by atoms with van der Waals surface area (Å²) in [6, 6.07) is 10.8. The summed E-state index contributed by atoms with van der Waals surface area (Å²) in [6.45, 7) is 2.98. The van der Waals surface area contributed by atoms with Crippen LogP contribution < -0.4 is 5.73 Å². The van der Waals surface area contributed by atoms with Crippen LogP contribution in [0, 0.1) is 5.92 Å². The van der Waals surface area contributed by atoms with Crippen molar-refractivity contribution in [2.45, 2.75) is 12.3 Å². The molecule has 1 aromatic carbocycles. The van der Waals surface area contributed by atoms with Gasteiger partial charge in [0.1, 0.15) is 0 Å². The van der Waals surface area contributed by atoms with Crippen molar-refractivity contribution in [1.29, 1.82) is 0 Å². The number of guanidine groups is 1. The lowest BCUT2D eigenvalue weighted by atomic mass is 10.1. The second-order valence-electron chi connectivity index (χ2n) is 5.31. The van der Waals surface area contributed by atoms with Crippen molar-refractivity contribution < 1.29 is 0 Å². The quantitative estimate of drug-likeness (QED) is 0.480. The zero-order valence-corrected chi connectivity index (χ0v) is 14.7. The van der Waals surface area contributed by atoms with Crippen LogP contribution in [0.15, 0.2) is 35.3 Å². The monoisotopic (exact) mass is 403 g/mol. The van der Waals surface area contributed by atoms with E-state index in [1.807, 2.05) is 11.8 Å². The van der Waals surface area contributed by atoms with Gasteiger partial charge in [-0.2, -0.15) is 11.8 Å². The van der Waals surface area contributed by atoms with Gasteiger partial charge in [0.05, 0.1) is 0 Å². The molecular formula is C15H22IN3S. The van der Waals surface area contributed by atoms with Crippen LogP contribution in [0.3, 0.4) is 0 Å². The Balaban J connectivity index is 0.00000147. The molecular weight excluding hydrogens is 381 g/mol. The maximum Gasteiger partial charge on any atom is 0.191 e. The van der Waals surface area contributed by atoms with Gasteiger partial charge in [0.15, 0.2) is 5.96 Å². The smallest absolute Gasteiger partial charge is 0.191 e. The molecule has 3 nitrogen and oxygen atoms in total. The van der Waals surface area contributed by atoms with Gasteiger partial charge in [-0.15, -0.1) is 24.0 Å². The lowest BCUT2D eigenvalue weighted by Gasteiger charge is -2.27. The highest BCUT2D eigenvalue weighted by Crippen LogP contribution is 2.47. The maximum absolute atomic E-state index is 6.08. The lowest BCUT2D eigenvalue weighted by molar-refractivity contribution is 0.455. The van der Waals surface area contributed by atoms with Gasteiger partial charge < -0.3 is 10.6 Å². The Morgan fingerprint density at radius 1 is 1.25 bits per heavy atom. The summed E-state index contributed by atoms with van der Waals surface area (Å²) < 4.78 is 0. The fourth-order valence-electron chi connectivity index (χ4n) is 2.66. The third kappa shape index (κ3) is 4.04. The van der Waals surface area contributed by atoms with Crippen LogP contribution in [0.1, 0.15) is 17.9 Å². The van der Waals surface area contributed by atoms with Crippen molar-refractivity contribution in [3.63, 3.8) is 0 Å². The van der Waals surface area contributed by atoms with Crippen molar-refractivity contribution >= 4 is 41.7 Å². The maximum atomic E-state index is 6.08. The zero-order chi connectivity index (χ0) is 13.1. The third-order valence-corrected chi connectivity index (χ3v) is 4.92. The van der Waals surface area contributed by atoms with E-state index >= 15 is 0 Å². The number of nitrogens with two attached hydrogens (primary N) is 1. The van der Waals surface area contributed by atoms with E-state index < -0.39 is 0 Å². The normalized spacial score (nSPS) is 26.0. The molecule has 0 amide bonds. The fraction of sp³-hybridized carbons (Fsp3) is 0.533. The highest BCUT2D eigenvalue weighted by Gasteiger charge is 2.37. The Bertz CT molecular complexity index is 446. The minimum absolute atomic E-state index is 0. The minimum Gasteiger partial charge on any atom is -0.370 e. The minimum atomic E-state index is 0. The van der Waals surface area contributed by atoms with Gasteiger partial charge in [0.25, 0.3) is 0 Å². The van der Waals surface area contributed by atoms with E-state index in [-0.39, 0.29) is 24.0 Å². The highest BCUT2D eigenvalue weighted by atomic mass is 127. The van der Waals surface area contributed by atoms with Crippen LogP contribution in [0.25, 0.3) is 0 Å². The summed E-state index contributed by atoms with van der Waals surface area (Å²) >= 11 is 2.00. The van der Waals surface area contributed by atoms with E-state index in [9.17, 15) is 0 Å². The van der Waals surface area contributed by atoms with Gasteiger partial charge in [0, 0.05) is 31.1 Å². The first-order valence-electron chi connectivity index (χ1n) is 7.02. The molecule has 110 valence electrons. The molecule has 1 heterocycles. The van der Waals surface area contributed by atoms with E-state index in [0.29, 0.717) is 11.8 Å². The van der Waals surface area contributed by atoms with E-state index in [2.05, 4.69) is 40.2 Å². The van der Waals surface area contributed by atoms with Gasteiger partial charge in [-0.3, -0.25) is 4.99 Å². The topological polar surface area (TPSA) is 41.6 Å². The molecule has 0 spiro atoms. The van der Waals surface area contributed by atoms with Crippen molar-refractivity contribution in [3.05, 3.63) is 35.9 Å². The predicted octanol–water partition coefficient (Wildman–Crippen LogP) is 2.77. The summed E-state index contributed by atoms with van der Waals surface area (Å²) in [7, 11) is 0. The van der Waals surface area contributed by atoms with E-state index in [0.717, 1.165) is 25.6 Å². The molecule has 1 saturated heterocycles. The summed E-state index contributed by atoms with van der Waals surface area (Å²) in [6.07, 6.45) is 1.26. The van der Waals surface area contributed by atoms with Crippen molar-refractivity contribution in [2.24, 2.45) is 16.6 Å². The Morgan fingerprint density at radius 3 is 2.65 bits per heavy atom. The molecule has 2 unspecified atom stereocenters. The van der Waals surface area contributed by atoms with Crippen molar-refractivity contribution in [2.75, 3.05) is 31.1 Å². The number of halogens is 1. The number of benzene rings is 1.